The maximum Gasteiger partial charge on any atom is 0.258 e. The van der Waals surface area contributed by atoms with E-state index in [-0.39, 0.29) is 31.0 Å². The number of amides is 2. The number of hydrogen-bond donors (Lipinski definition) is 3. The number of nitrogens with one attached hydrogen (secondary N) is 2. The molecule has 2 rings (SSSR count). The first-order valence-electron chi connectivity index (χ1n) is 6.68. The van der Waals surface area contributed by atoms with Gasteiger partial charge in [0.1, 0.15) is 5.75 Å². The van der Waals surface area contributed by atoms with Crippen LogP contribution in [-0.2, 0) is 4.79 Å². The van der Waals surface area contributed by atoms with E-state index in [0.717, 1.165) is 25.9 Å². The topological polar surface area (TPSA) is 93.5 Å². The lowest BCUT2D eigenvalue weighted by molar-refractivity contribution is -0.123. The van der Waals surface area contributed by atoms with Crippen molar-refractivity contribution < 1.29 is 14.3 Å². The normalized spacial score (nSPS) is 17.4. The van der Waals surface area contributed by atoms with Crippen molar-refractivity contribution >= 4 is 24.2 Å². The van der Waals surface area contributed by atoms with Crippen molar-refractivity contribution in [3.8, 4) is 5.75 Å². The van der Waals surface area contributed by atoms with Crippen molar-refractivity contribution in [1.29, 1.82) is 0 Å². The Labute approximate surface area is 129 Å². The summed E-state index contributed by atoms with van der Waals surface area (Å²) in [5.41, 5.74) is 5.55. The van der Waals surface area contributed by atoms with Gasteiger partial charge in [-0.2, -0.15) is 0 Å². The molecule has 116 valence electrons. The SMILES string of the molecule is Cl.NC(=O)c1ccc(OCC(=O)N[C@H]2CCCNC2)cc1. The molecule has 0 spiro atoms. The largest absolute Gasteiger partial charge is 0.484 e. The summed E-state index contributed by atoms with van der Waals surface area (Å²) in [4.78, 5) is 22.6. The first kappa shape index (κ1) is 17.3. The minimum absolute atomic E-state index is 0. The highest BCUT2D eigenvalue weighted by Crippen LogP contribution is 2.11. The number of hydrogen-bond acceptors (Lipinski definition) is 4. The molecule has 1 heterocycles. The highest BCUT2D eigenvalue weighted by Gasteiger charge is 2.15. The maximum atomic E-state index is 11.7. The zero-order valence-electron chi connectivity index (χ0n) is 11.6. The van der Waals surface area contributed by atoms with Gasteiger partial charge in [-0.05, 0) is 43.7 Å². The van der Waals surface area contributed by atoms with Crippen LogP contribution in [0.4, 0.5) is 0 Å². The molecule has 0 radical (unpaired) electrons. The number of ether oxygens (including phenoxy) is 1. The number of carbonyl (C=O) groups is 2. The minimum atomic E-state index is -0.487. The zero-order chi connectivity index (χ0) is 14.4. The molecule has 6 nitrogen and oxygen atoms in total. The van der Waals surface area contributed by atoms with E-state index in [1.807, 2.05) is 0 Å². The molecule has 0 aromatic heterocycles. The van der Waals surface area contributed by atoms with E-state index in [1.54, 1.807) is 24.3 Å². The van der Waals surface area contributed by atoms with Crippen LogP contribution in [0.3, 0.4) is 0 Å². The summed E-state index contributed by atoms with van der Waals surface area (Å²) in [6, 6.07) is 6.56. The van der Waals surface area contributed by atoms with Gasteiger partial charge in [0.05, 0.1) is 0 Å². The highest BCUT2D eigenvalue weighted by molar-refractivity contribution is 5.92. The van der Waals surface area contributed by atoms with Gasteiger partial charge in [0.25, 0.3) is 5.91 Å². The number of primary amides is 1. The van der Waals surface area contributed by atoms with Crippen LogP contribution in [0.15, 0.2) is 24.3 Å². The molecular weight excluding hydrogens is 294 g/mol. The van der Waals surface area contributed by atoms with E-state index < -0.39 is 5.91 Å². The summed E-state index contributed by atoms with van der Waals surface area (Å²) >= 11 is 0. The summed E-state index contributed by atoms with van der Waals surface area (Å²) in [7, 11) is 0. The van der Waals surface area contributed by atoms with Crippen LogP contribution in [0.25, 0.3) is 0 Å². The zero-order valence-corrected chi connectivity index (χ0v) is 12.4. The Bertz CT molecular complexity index is 473. The number of halogens is 1. The molecule has 0 unspecified atom stereocenters. The molecule has 21 heavy (non-hydrogen) atoms. The van der Waals surface area contributed by atoms with Crippen LogP contribution in [0.1, 0.15) is 23.2 Å². The Morgan fingerprint density at radius 1 is 1.33 bits per heavy atom. The third kappa shape index (κ3) is 5.61. The van der Waals surface area contributed by atoms with Gasteiger partial charge in [0.15, 0.2) is 6.61 Å². The van der Waals surface area contributed by atoms with E-state index in [2.05, 4.69) is 10.6 Å². The smallest absolute Gasteiger partial charge is 0.258 e. The second kappa shape index (κ2) is 8.49. The maximum absolute atomic E-state index is 11.7. The first-order chi connectivity index (χ1) is 9.65. The average molecular weight is 314 g/mol. The standard InChI is InChI=1S/C14H19N3O3.ClH/c15-14(19)10-3-5-12(6-4-10)20-9-13(18)17-11-2-1-7-16-8-11;/h3-6,11,16H,1-2,7-9H2,(H2,15,19)(H,17,18);1H/t11-;/m0./s1. The fraction of sp³-hybridized carbons (Fsp3) is 0.429. The Hall–Kier alpha value is -1.79. The molecule has 0 bridgehead atoms. The van der Waals surface area contributed by atoms with E-state index in [9.17, 15) is 9.59 Å². The second-order valence-electron chi connectivity index (χ2n) is 4.79. The van der Waals surface area contributed by atoms with E-state index in [1.165, 1.54) is 0 Å². The van der Waals surface area contributed by atoms with Crippen LogP contribution in [0.5, 0.6) is 5.75 Å². The monoisotopic (exact) mass is 313 g/mol. The number of carbonyl (C=O) groups excluding carboxylic acids is 2. The van der Waals surface area contributed by atoms with Crippen molar-refractivity contribution in [2.24, 2.45) is 5.73 Å². The summed E-state index contributed by atoms with van der Waals surface area (Å²) in [5, 5.41) is 6.15. The van der Waals surface area contributed by atoms with Gasteiger partial charge >= 0.3 is 0 Å². The molecule has 1 aliphatic heterocycles. The van der Waals surface area contributed by atoms with Crippen LogP contribution in [-0.4, -0.2) is 37.6 Å². The Balaban J connectivity index is 0.00000220. The molecule has 1 aliphatic rings. The minimum Gasteiger partial charge on any atom is -0.484 e. The van der Waals surface area contributed by atoms with Gasteiger partial charge < -0.3 is 21.1 Å². The summed E-state index contributed by atoms with van der Waals surface area (Å²) in [6.07, 6.45) is 2.06. The predicted molar refractivity (Wildman–Crippen MR) is 81.7 cm³/mol. The lowest BCUT2D eigenvalue weighted by Crippen LogP contribution is -2.46. The molecule has 1 aromatic rings. The summed E-state index contributed by atoms with van der Waals surface area (Å²) in [6.45, 7) is 1.78. The quantitative estimate of drug-likeness (QED) is 0.736. The van der Waals surface area contributed by atoms with Crippen molar-refractivity contribution in [3.63, 3.8) is 0 Å². The summed E-state index contributed by atoms with van der Waals surface area (Å²) in [5.74, 6) is -0.0938. The third-order valence-electron chi connectivity index (χ3n) is 3.17. The average Bonchev–Trinajstić information content (AvgIpc) is 2.46. The molecule has 1 aromatic carbocycles. The Morgan fingerprint density at radius 2 is 2.05 bits per heavy atom. The summed E-state index contributed by atoms with van der Waals surface area (Å²) < 4.78 is 5.36. The van der Waals surface area contributed by atoms with Gasteiger partial charge in [0.2, 0.25) is 5.91 Å². The lowest BCUT2D eigenvalue weighted by atomic mass is 10.1. The molecular formula is C14H20ClN3O3. The molecule has 1 atom stereocenters. The van der Waals surface area contributed by atoms with Gasteiger partial charge in [-0.25, -0.2) is 0 Å². The second-order valence-corrected chi connectivity index (χ2v) is 4.79. The van der Waals surface area contributed by atoms with Gasteiger partial charge in [0, 0.05) is 18.2 Å². The molecule has 1 saturated heterocycles. The molecule has 0 aliphatic carbocycles. The molecule has 1 fully saturated rings. The number of piperidine rings is 1. The highest BCUT2D eigenvalue weighted by atomic mass is 35.5. The third-order valence-corrected chi connectivity index (χ3v) is 3.17. The molecule has 0 saturated carbocycles. The number of nitrogens with two attached hydrogens (primary N) is 1. The fourth-order valence-electron chi connectivity index (χ4n) is 2.11. The fourth-order valence-corrected chi connectivity index (χ4v) is 2.11. The van der Waals surface area contributed by atoms with Crippen LogP contribution in [0.2, 0.25) is 0 Å². The van der Waals surface area contributed by atoms with Crippen molar-refractivity contribution in [2.75, 3.05) is 19.7 Å². The van der Waals surface area contributed by atoms with Crippen LogP contribution in [0, 0.1) is 0 Å². The van der Waals surface area contributed by atoms with E-state index in [4.69, 9.17) is 10.5 Å². The molecule has 7 heteroatoms. The van der Waals surface area contributed by atoms with Crippen LogP contribution < -0.4 is 21.1 Å². The van der Waals surface area contributed by atoms with E-state index in [0.29, 0.717) is 11.3 Å². The molecule has 4 N–H and O–H groups in total. The van der Waals surface area contributed by atoms with Crippen LogP contribution >= 0.6 is 12.4 Å². The van der Waals surface area contributed by atoms with Crippen molar-refractivity contribution in [1.82, 2.24) is 10.6 Å². The van der Waals surface area contributed by atoms with Gasteiger partial charge in [-0.1, -0.05) is 0 Å². The predicted octanol–water partition coefficient (Wildman–Crippen LogP) is 0.454. The Kier molecular flexibility index (Phi) is 6.98. The Morgan fingerprint density at radius 3 is 2.62 bits per heavy atom. The van der Waals surface area contributed by atoms with Crippen molar-refractivity contribution in [2.45, 2.75) is 18.9 Å². The first-order valence-corrected chi connectivity index (χ1v) is 6.68. The molecule has 2 amide bonds. The van der Waals surface area contributed by atoms with Crippen molar-refractivity contribution in [3.05, 3.63) is 29.8 Å². The van der Waals surface area contributed by atoms with Gasteiger partial charge in [-0.15, -0.1) is 12.4 Å². The number of benzene rings is 1. The van der Waals surface area contributed by atoms with E-state index >= 15 is 0 Å². The van der Waals surface area contributed by atoms with Gasteiger partial charge in [-0.3, -0.25) is 9.59 Å². The number of rotatable bonds is 5. The lowest BCUT2D eigenvalue weighted by Gasteiger charge is -2.23.